The predicted molar refractivity (Wildman–Crippen MR) is 72.0 cm³/mol. The highest BCUT2D eigenvalue weighted by Crippen LogP contribution is 2.39. The van der Waals surface area contributed by atoms with Gasteiger partial charge in [0.1, 0.15) is 5.82 Å². The summed E-state index contributed by atoms with van der Waals surface area (Å²) in [5.74, 6) is 0.979. The first-order chi connectivity index (χ1) is 9.70. The van der Waals surface area contributed by atoms with Gasteiger partial charge in [0.05, 0.1) is 10.9 Å². The van der Waals surface area contributed by atoms with Crippen LogP contribution in [0.15, 0.2) is 22.7 Å². The summed E-state index contributed by atoms with van der Waals surface area (Å²) in [7, 11) is 0. The van der Waals surface area contributed by atoms with Crippen LogP contribution in [0.1, 0.15) is 31.1 Å². The number of rotatable bonds is 2. The highest BCUT2D eigenvalue weighted by molar-refractivity contribution is 6.31. The Bertz CT molecular complexity index is 660. The molecule has 1 aromatic heterocycles. The molecule has 0 radical (unpaired) electrons. The van der Waals surface area contributed by atoms with Crippen molar-refractivity contribution in [1.29, 1.82) is 0 Å². The maximum absolute atomic E-state index is 13.2. The molecule has 2 aliphatic rings. The molecule has 1 N–H and O–H groups in total. The SMILES string of the molecule is Fc1ccc(-c2noc(C3CC4CCC3N4)n2)cc1Cl. The van der Waals surface area contributed by atoms with Gasteiger partial charge in [0.15, 0.2) is 0 Å². The molecule has 2 aromatic rings. The summed E-state index contributed by atoms with van der Waals surface area (Å²) in [6.45, 7) is 0. The number of fused-ring (bicyclic) bond motifs is 2. The summed E-state index contributed by atoms with van der Waals surface area (Å²) < 4.78 is 18.6. The highest BCUT2D eigenvalue weighted by atomic mass is 35.5. The average molecular weight is 294 g/mol. The summed E-state index contributed by atoms with van der Waals surface area (Å²) in [5.41, 5.74) is 0.669. The molecule has 2 aliphatic heterocycles. The summed E-state index contributed by atoms with van der Waals surface area (Å²) in [5, 5.41) is 7.60. The van der Waals surface area contributed by atoms with Crippen molar-refractivity contribution in [2.45, 2.75) is 37.3 Å². The van der Waals surface area contributed by atoms with E-state index in [4.69, 9.17) is 16.1 Å². The zero-order chi connectivity index (χ0) is 13.7. The van der Waals surface area contributed by atoms with Crippen LogP contribution in [0.25, 0.3) is 11.4 Å². The van der Waals surface area contributed by atoms with Crippen LogP contribution in [-0.4, -0.2) is 22.2 Å². The Hall–Kier alpha value is -1.46. The van der Waals surface area contributed by atoms with Crippen LogP contribution < -0.4 is 5.32 Å². The van der Waals surface area contributed by atoms with Crippen molar-refractivity contribution in [2.24, 2.45) is 0 Å². The molecule has 1 aromatic carbocycles. The van der Waals surface area contributed by atoms with Crippen molar-refractivity contribution in [3.63, 3.8) is 0 Å². The number of benzene rings is 1. The van der Waals surface area contributed by atoms with Crippen molar-refractivity contribution >= 4 is 11.6 Å². The number of nitrogens with zero attached hydrogens (tertiary/aromatic N) is 2. The molecule has 20 heavy (non-hydrogen) atoms. The maximum atomic E-state index is 13.2. The van der Waals surface area contributed by atoms with E-state index in [1.54, 1.807) is 6.07 Å². The smallest absolute Gasteiger partial charge is 0.231 e. The lowest BCUT2D eigenvalue weighted by Gasteiger charge is -2.15. The van der Waals surface area contributed by atoms with Gasteiger partial charge in [0.25, 0.3) is 0 Å². The Kier molecular flexibility index (Phi) is 2.79. The zero-order valence-corrected chi connectivity index (χ0v) is 11.4. The van der Waals surface area contributed by atoms with Gasteiger partial charge in [-0.05, 0) is 37.5 Å². The van der Waals surface area contributed by atoms with Crippen LogP contribution in [-0.2, 0) is 0 Å². The fourth-order valence-electron chi connectivity index (χ4n) is 3.24. The minimum Gasteiger partial charge on any atom is -0.339 e. The van der Waals surface area contributed by atoms with E-state index in [-0.39, 0.29) is 5.02 Å². The van der Waals surface area contributed by atoms with E-state index in [9.17, 15) is 4.39 Å². The van der Waals surface area contributed by atoms with Gasteiger partial charge in [-0.1, -0.05) is 16.8 Å². The van der Waals surface area contributed by atoms with Crippen molar-refractivity contribution in [3.05, 3.63) is 34.9 Å². The van der Waals surface area contributed by atoms with E-state index < -0.39 is 5.82 Å². The van der Waals surface area contributed by atoms with Crippen LogP contribution in [0.2, 0.25) is 5.02 Å². The Morgan fingerprint density at radius 1 is 1.35 bits per heavy atom. The lowest BCUT2D eigenvalue weighted by Crippen LogP contribution is -2.21. The van der Waals surface area contributed by atoms with Crippen molar-refractivity contribution in [1.82, 2.24) is 15.5 Å². The van der Waals surface area contributed by atoms with E-state index >= 15 is 0 Å². The van der Waals surface area contributed by atoms with Gasteiger partial charge in [-0.3, -0.25) is 0 Å². The van der Waals surface area contributed by atoms with Gasteiger partial charge in [-0.25, -0.2) is 4.39 Å². The first kappa shape index (κ1) is 12.3. The van der Waals surface area contributed by atoms with Gasteiger partial charge < -0.3 is 9.84 Å². The van der Waals surface area contributed by atoms with Crippen LogP contribution >= 0.6 is 11.6 Å². The minimum atomic E-state index is -0.448. The quantitative estimate of drug-likeness (QED) is 0.924. The molecule has 104 valence electrons. The first-order valence-electron chi connectivity index (χ1n) is 6.76. The molecule has 2 fully saturated rings. The lowest BCUT2D eigenvalue weighted by molar-refractivity contribution is 0.329. The zero-order valence-electron chi connectivity index (χ0n) is 10.6. The molecule has 3 unspecified atom stereocenters. The van der Waals surface area contributed by atoms with Crippen molar-refractivity contribution < 1.29 is 8.91 Å². The van der Waals surface area contributed by atoms with E-state index in [0.29, 0.717) is 35.3 Å². The second-order valence-corrected chi connectivity index (χ2v) is 5.88. The molecule has 2 saturated heterocycles. The number of hydrogen-bond acceptors (Lipinski definition) is 4. The lowest BCUT2D eigenvalue weighted by atomic mass is 9.89. The Morgan fingerprint density at radius 2 is 2.25 bits per heavy atom. The molecule has 0 amide bonds. The standard InChI is InChI=1S/C14H13ClFN3O/c15-10-5-7(1-3-11(10)16)13-18-14(20-19-13)9-6-8-2-4-12(9)17-8/h1,3,5,8-9,12,17H,2,4,6H2. The minimum absolute atomic E-state index is 0.0652. The van der Waals surface area contributed by atoms with E-state index in [1.807, 2.05) is 0 Å². The summed E-state index contributed by atoms with van der Waals surface area (Å²) in [6, 6.07) is 5.47. The van der Waals surface area contributed by atoms with Gasteiger partial charge in [-0.15, -0.1) is 0 Å². The summed E-state index contributed by atoms with van der Waals surface area (Å²) >= 11 is 5.78. The number of aromatic nitrogens is 2. The number of nitrogens with one attached hydrogen (secondary N) is 1. The largest absolute Gasteiger partial charge is 0.339 e. The highest BCUT2D eigenvalue weighted by Gasteiger charge is 2.42. The predicted octanol–water partition coefficient (Wildman–Crippen LogP) is 3.14. The molecule has 3 heterocycles. The molecule has 4 rings (SSSR count). The maximum Gasteiger partial charge on any atom is 0.231 e. The number of halogens is 2. The fourth-order valence-corrected chi connectivity index (χ4v) is 3.42. The van der Waals surface area contributed by atoms with Gasteiger partial charge in [0, 0.05) is 17.6 Å². The second-order valence-electron chi connectivity index (χ2n) is 5.47. The fraction of sp³-hybridized carbons (Fsp3) is 0.429. The summed E-state index contributed by atoms with van der Waals surface area (Å²) in [4.78, 5) is 4.45. The monoisotopic (exact) mass is 293 g/mol. The second kappa shape index (κ2) is 4.53. The third kappa shape index (κ3) is 1.93. The first-order valence-corrected chi connectivity index (χ1v) is 7.13. The molecule has 4 nitrogen and oxygen atoms in total. The van der Waals surface area contributed by atoms with Crippen molar-refractivity contribution in [3.8, 4) is 11.4 Å². The average Bonchev–Trinajstić information content (AvgIpc) is 3.16. The van der Waals surface area contributed by atoms with Crippen LogP contribution in [0, 0.1) is 5.82 Å². The molecule has 6 heteroatoms. The topological polar surface area (TPSA) is 51.0 Å². The normalized spacial score (nSPS) is 28.2. The molecule has 2 bridgehead atoms. The summed E-state index contributed by atoms with van der Waals surface area (Å²) in [6.07, 6.45) is 3.45. The Morgan fingerprint density at radius 3 is 2.95 bits per heavy atom. The van der Waals surface area contributed by atoms with Crippen LogP contribution in [0.5, 0.6) is 0 Å². The molecule has 0 aliphatic carbocycles. The molecule has 3 atom stereocenters. The van der Waals surface area contributed by atoms with E-state index in [1.165, 1.54) is 18.6 Å². The van der Waals surface area contributed by atoms with Gasteiger partial charge in [0.2, 0.25) is 11.7 Å². The third-order valence-electron chi connectivity index (χ3n) is 4.24. The van der Waals surface area contributed by atoms with Gasteiger partial charge >= 0.3 is 0 Å². The molecule has 0 saturated carbocycles. The van der Waals surface area contributed by atoms with E-state index in [0.717, 1.165) is 12.8 Å². The molecular weight excluding hydrogens is 281 g/mol. The van der Waals surface area contributed by atoms with Crippen molar-refractivity contribution in [2.75, 3.05) is 0 Å². The van der Waals surface area contributed by atoms with Crippen LogP contribution in [0.4, 0.5) is 4.39 Å². The Balaban J connectivity index is 1.63. The van der Waals surface area contributed by atoms with Crippen LogP contribution in [0.3, 0.4) is 0 Å². The molecule has 0 spiro atoms. The number of hydrogen-bond donors (Lipinski definition) is 1. The molecular formula is C14H13ClFN3O. The van der Waals surface area contributed by atoms with E-state index in [2.05, 4.69) is 15.5 Å². The van der Waals surface area contributed by atoms with Gasteiger partial charge in [-0.2, -0.15) is 4.98 Å². The Labute approximate surface area is 120 Å². The third-order valence-corrected chi connectivity index (χ3v) is 4.53.